The van der Waals surface area contributed by atoms with Gasteiger partial charge < -0.3 is 14.6 Å². The van der Waals surface area contributed by atoms with Crippen molar-refractivity contribution in [2.45, 2.75) is 19.8 Å². The van der Waals surface area contributed by atoms with Crippen molar-refractivity contribution in [3.63, 3.8) is 0 Å². The second-order valence-electron chi connectivity index (χ2n) is 4.37. The minimum atomic E-state index is 0.0810. The largest absolute Gasteiger partial charge is 0.497 e. The van der Waals surface area contributed by atoms with E-state index < -0.39 is 0 Å². The summed E-state index contributed by atoms with van der Waals surface area (Å²) >= 11 is 0. The lowest BCUT2D eigenvalue weighted by Crippen LogP contribution is -2.01. The van der Waals surface area contributed by atoms with E-state index in [0.717, 1.165) is 29.1 Å². The molecule has 20 heavy (non-hydrogen) atoms. The fourth-order valence-corrected chi connectivity index (χ4v) is 2.23. The predicted octanol–water partition coefficient (Wildman–Crippen LogP) is 1.99. The summed E-state index contributed by atoms with van der Waals surface area (Å²) in [4.78, 5) is 0. The van der Waals surface area contributed by atoms with Crippen LogP contribution < -0.4 is 9.47 Å². The minimum absolute atomic E-state index is 0.0810. The van der Waals surface area contributed by atoms with E-state index in [4.69, 9.17) is 9.47 Å². The molecular formula is C15H20N2O3. The summed E-state index contributed by atoms with van der Waals surface area (Å²) in [6, 6.07) is 7.62. The summed E-state index contributed by atoms with van der Waals surface area (Å²) in [7, 11) is 3.26. The molecule has 0 atom stereocenters. The molecule has 5 heteroatoms. The van der Waals surface area contributed by atoms with Crippen LogP contribution in [0.1, 0.15) is 18.2 Å². The summed E-state index contributed by atoms with van der Waals surface area (Å²) < 4.78 is 12.4. The molecule has 0 aliphatic carbocycles. The first-order chi connectivity index (χ1) is 9.74. The highest BCUT2D eigenvalue weighted by atomic mass is 16.5. The standard InChI is InChI=1S/C15H20N2O3/c1-4-14-13(9-10-18)15(20-3)17(16-14)11-5-7-12(19-2)8-6-11/h5-8,18H,4,9-10H2,1-3H3. The van der Waals surface area contributed by atoms with Gasteiger partial charge in [0, 0.05) is 18.6 Å². The number of hydrogen-bond donors (Lipinski definition) is 1. The van der Waals surface area contributed by atoms with Crippen LogP contribution in [-0.4, -0.2) is 35.7 Å². The van der Waals surface area contributed by atoms with Crippen LogP contribution in [-0.2, 0) is 12.8 Å². The van der Waals surface area contributed by atoms with E-state index in [-0.39, 0.29) is 6.61 Å². The summed E-state index contributed by atoms with van der Waals surface area (Å²) in [5, 5.41) is 13.8. The lowest BCUT2D eigenvalue weighted by Gasteiger charge is -2.08. The molecule has 2 aromatic rings. The maximum absolute atomic E-state index is 9.20. The van der Waals surface area contributed by atoms with Gasteiger partial charge in [0.1, 0.15) is 5.75 Å². The van der Waals surface area contributed by atoms with E-state index in [9.17, 15) is 5.11 Å². The number of aliphatic hydroxyl groups excluding tert-OH is 1. The maximum Gasteiger partial charge on any atom is 0.220 e. The summed E-state index contributed by atoms with van der Waals surface area (Å²) in [5.41, 5.74) is 2.82. The van der Waals surface area contributed by atoms with E-state index in [1.165, 1.54) is 0 Å². The highest BCUT2D eigenvalue weighted by Gasteiger charge is 2.18. The number of nitrogens with zero attached hydrogens (tertiary/aromatic N) is 2. The number of hydrogen-bond acceptors (Lipinski definition) is 4. The first-order valence-electron chi connectivity index (χ1n) is 6.65. The van der Waals surface area contributed by atoms with Crippen molar-refractivity contribution in [2.24, 2.45) is 0 Å². The normalized spacial score (nSPS) is 10.6. The number of benzene rings is 1. The first kappa shape index (κ1) is 14.4. The van der Waals surface area contributed by atoms with Gasteiger partial charge in [-0.2, -0.15) is 5.10 Å². The smallest absolute Gasteiger partial charge is 0.220 e. The van der Waals surface area contributed by atoms with Crippen molar-refractivity contribution < 1.29 is 14.6 Å². The van der Waals surface area contributed by atoms with Crippen LogP contribution in [0, 0.1) is 0 Å². The number of ether oxygens (including phenoxy) is 2. The Morgan fingerprint density at radius 1 is 1.15 bits per heavy atom. The molecule has 0 spiro atoms. The molecule has 1 aromatic carbocycles. The maximum atomic E-state index is 9.20. The molecule has 1 heterocycles. The lowest BCUT2D eigenvalue weighted by atomic mass is 10.1. The van der Waals surface area contributed by atoms with Crippen molar-refractivity contribution in [1.29, 1.82) is 0 Å². The third-order valence-electron chi connectivity index (χ3n) is 3.23. The first-order valence-corrected chi connectivity index (χ1v) is 6.65. The van der Waals surface area contributed by atoms with Gasteiger partial charge in [0.25, 0.3) is 0 Å². The molecule has 0 aliphatic rings. The SMILES string of the molecule is CCc1nn(-c2ccc(OC)cc2)c(OC)c1CCO. The molecule has 5 nitrogen and oxygen atoms in total. The molecule has 0 saturated heterocycles. The highest BCUT2D eigenvalue weighted by Crippen LogP contribution is 2.27. The van der Waals surface area contributed by atoms with Gasteiger partial charge in [-0.25, -0.2) is 4.68 Å². The van der Waals surface area contributed by atoms with Crippen molar-refractivity contribution in [1.82, 2.24) is 9.78 Å². The number of aliphatic hydroxyl groups is 1. The fourth-order valence-electron chi connectivity index (χ4n) is 2.23. The Balaban J connectivity index is 2.48. The molecule has 1 aromatic heterocycles. The second-order valence-corrected chi connectivity index (χ2v) is 4.37. The summed E-state index contributed by atoms with van der Waals surface area (Å²) in [5.74, 6) is 1.48. The third-order valence-corrected chi connectivity index (χ3v) is 3.23. The van der Waals surface area contributed by atoms with Crippen LogP contribution in [0.4, 0.5) is 0 Å². The molecule has 0 unspecified atom stereocenters. The van der Waals surface area contributed by atoms with Gasteiger partial charge in [-0.15, -0.1) is 0 Å². The predicted molar refractivity (Wildman–Crippen MR) is 76.8 cm³/mol. The van der Waals surface area contributed by atoms with Gasteiger partial charge in [-0.3, -0.25) is 0 Å². The van der Waals surface area contributed by atoms with Gasteiger partial charge in [-0.05, 0) is 30.7 Å². The fraction of sp³-hybridized carbons (Fsp3) is 0.400. The summed E-state index contributed by atoms with van der Waals surface area (Å²) in [6.07, 6.45) is 1.34. The van der Waals surface area contributed by atoms with Gasteiger partial charge in [-0.1, -0.05) is 6.92 Å². The monoisotopic (exact) mass is 276 g/mol. The molecule has 2 rings (SSSR count). The molecule has 108 valence electrons. The molecular weight excluding hydrogens is 256 g/mol. The lowest BCUT2D eigenvalue weighted by molar-refractivity contribution is 0.295. The molecule has 0 amide bonds. The average molecular weight is 276 g/mol. The minimum Gasteiger partial charge on any atom is -0.497 e. The average Bonchev–Trinajstić information content (AvgIpc) is 2.85. The van der Waals surface area contributed by atoms with Crippen molar-refractivity contribution in [3.8, 4) is 17.3 Å². The second kappa shape index (κ2) is 6.43. The molecule has 1 N–H and O–H groups in total. The van der Waals surface area contributed by atoms with Crippen molar-refractivity contribution in [2.75, 3.05) is 20.8 Å². The van der Waals surface area contributed by atoms with Crippen molar-refractivity contribution >= 4 is 0 Å². The molecule has 0 aliphatic heterocycles. The van der Waals surface area contributed by atoms with E-state index in [0.29, 0.717) is 12.3 Å². The Hall–Kier alpha value is -2.01. The van der Waals surface area contributed by atoms with Gasteiger partial charge in [0.05, 0.1) is 25.6 Å². The number of methoxy groups -OCH3 is 2. The molecule has 0 saturated carbocycles. The van der Waals surface area contributed by atoms with Crippen LogP contribution in [0.2, 0.25) is 0 Å². The van der Waals surface area contributed by atoms with Crippen LogP contribution in [0.25, 0.3) is 5.69 Å². The molecule has 0 fully saturated rings. The number of aromatic nitrogens is 2. The summed E-state index contributed by atoms with van der Waals surface area (Å²) in [6.45, 7) is 2.12. The zero-order chi connectivity index (χ0) is 14.5. The third kappa shape index (κ3) is 2.63. The van der Waals surface area contributed by atoms with Crippen LogP contribution in [0.15, 0.2) is 24.3 Å². The van der Waals surface area contributed by atoms with E-state index in [1.807, 2.05) is 31.2 Å². The van der Waals surface area contributed by atoms with Crippen molar-refractivity contribution in [3.05, 3.63) is 35.5 Å². The van der Waals surface area contributed by atoms with Crippen LogP contribution >= 0.6 is 0 Å². The zero-order valence-electron chi connectivity index (χ0n) is 12.1. The van der Waals surface area contributed by atoms with E-state index in [2.05, 4.69) is 5.10 Å². The Morgan fingerprint density at radius 2 is 1.85 bits per heavy atom. The Kier molecular flexibility index (Phi) is 4.63. The molecule has 0 bridgehead atoms. The Labute approximate surface area is 118 Å². The molecule has 0 radical (unpaired) electrons. The number of aryl methyl sites for hydroxylation is 1. The van der Waals surface area contributed by atoms with E-state index in [1.54, 1.807) is 18.9 Å². The zero-order valence-corrected chi connectivity index (χ0v) is 12.1. The highest BCUT2D eigenvalue weighted by molar-refractivity contribution is 5.43. The van der Waals surface area contributed by atoms with Crippen LogP contribution in [0.5, 0.6) is 11.6 Å². The number of rotatable bonds is 6. The Morgan fingerprint density at radius 3 is 2.35 bits per heavy atom. The van der Waals surface area contributed by atoms with Crippen LogP contribution in [0.3, 0.4) is 0 Å². The topological polar surface area (TPSA) is 56.5 Å². The Bertz CT molecular complexity index is 561. The quantitative estimate of drug-likeness (QED) is 0.876. The van der Waals surface area contributed by atoms with Gasteiger partial charge in [0.2, 0.25) is 5.88 Å². The van der Waals surface area contributed by atoms with Gasteiger partial charge >= 0.3 is 0 Å². The van der Waals surface area contributed by atoms with E-state index >= 15 is 0 Å². The van der Waals surface area contributed by atoms with Gasteiger partial charge in [0.15, 0.2) is 0 Å².